The first-order valence-corrected chi connectivity index (χ1v) is 13.4. The maximum atomic E-state index is 13.7. The Bertz CT molecular complexity index is 884. The number of halogens is 1. The first kappa shape index (κ1) is 23.1. The van der Waals surface area contributed by atoms with Crippen molar-refractivity contribution in [2.75, 3.05) is 0 Å². The van der Waals surface area contributed by atoms with E-state index in [4.69, 9.17) is 9.41 Å². The summed E-state index contributed by atoms with van der Waals surface area (Å²) in [4.78, 5) is 5.15. The Balaban J connectivity index is 2.41. The maximum Gasteiger partial charge on any atom is 0.205 e. The van der Waals surface area contributed by atoms with E-state index >= 15 is 0 Å². The fourth-order valence-electron chi connectivity index (χ4n) is 4.10. The molecule has 0 spiro atoms. The highest BCUT2D eigenvalue weighted by atomic mass is 28.3. The van der Waals surface area contributed by atoms with Crippen LogP contribution in [0.3, 0.4) is 0 Å². The SMILES string of the molecule is CC(C)c1nc(C2CC2)c(C(O[Si](C)C)C(C)(C)C)c(-c2ccc(F)cc2)c1CO. The van der Waals surface area contributed by atoms with Gasteiger partial charge in [-0.1, -0.05) is 46.8 Å². The molecule has 3 nitrogen and oxygen atoms in total. The molecule has 3 rings (SSSR count). The van der Waals surface area contributed by atoms with Crippen molar-refractivity contribution in [1.29, 1.82) is 0 Å². The molecule has 2 aromatic rings. The molecule has 1 N–H and O–H groups in total. The van der Waals surface area contributed by atoms with E-state index < -0.39 is 9.04 Å². The topological polar surface area (TPSA) is 42.4 Å². The van der Waals surface area contributed by atoms with Crippen LogP contribution in [0.25, 0.3) is 11.1 Å². The van der Waals surface area contributed by atoms with Gasteiger partial charge in [-0.2, -0.15) is 0 Å². The molecule has 0 saturated heterocycles. The number of pyridine rings is 1. The fraction of sp³-hybridized carbons (Fsp3) is 0.560. The molecule has 1 aliphatic carbocycles. The van der Waals surface area contributed by atoms with Crippen molar-refractivity contribution >= 4 is 9.04 Å². The van der Waals surface area contributed by atoms with Crippen LogP contribution in [0.1, 0.15) is 87.9 Å². The Morgan fingerprint density at radius 1 is 1.17 bits per heavy atom. The van der Waals surface area contributed by atoms with Crippen molar-refractivity contribution < 1.29 is 13.9 Å². The summed E-state index contributed by atoms with van der Waals surface area (Å²) in [6.45, 7) is 15.0. The summed E-state index contributed by atoms with van der Waals surface area (Å²) >= 11 is 0. The molecule has 1 aromatic heterocycles. The predicted molar refractivity (Wildman–Crippen MR) is 122 cm³/mol. The first-order chi connectivity index (χ1) is 14.0. The third-order valence-electron chi connectivity index (χ3n) is 5.60. The van der Waals surface area contributed by atoms with Crippen molar-refractivity contribution in [2.24, 2.45) is 5.41 Å². The highest BCUT2D eigenvalue weighted by molar-refractivity contribution is 6.48. The van der Waals surface area contributed by atoms with Crippen LogP contribution in [0.2, 0.25) is 13.1 Å². The number of aliphatic hydroxyl groups is 1. The van der Waals surface area contributed by atoms with Gasteiger partial charge in [-0.3, -0.25) is 4.98 Å². The molecule has 1 radical (unpaired) electrons. The van der Waals surface area contributed by atoms with Gasteiger partial charge in [0.2, 0.25) is 9.04 Å². The summed E-state index contributed by atoms with van der Waals surface area (Å²) in [6.07, 6.45) is 2.12. The highest BCUT2D eigenvalue weighted by Gasteiger charge is 2.39. The van der Waals surface area contributed by atoms with Crippen molar-refractivity contribution in [3.05, 3.63) is 52.6 Å². The average Bonchev–Trinajstić information content (AvgIpc) is 3.49. The van der Waals surface area contributed by atoms with Gasteiger partial charge in [-0.15, -0.1) is 0 Å². The average molecular weight is 429 g/mol. The first-order valence-electron chi connectivity index (χ1n) is 10.9. The molecule has 1 atom stereocenters. The molecule has 1 unspecified atom stereocenters. The zero-order valence-corrected chi connectivity index (χ0v) is 20.3. The standard InChI is InChI=1S/C25H35FNO2Si/c1-15(2)22-19(14-28)20(16-10-12-18(26)13-11-16)21(23(27-22)17-8-9-17)24(25(3,4)5)29-30(6)7/h10-13,15,17,24,28H,8-9,14H2,1-7H3. The second kappa shape index (κ2) is 8.89. The van der Waals surface area contributed by atoms with Crippen molar-refractivity contribution in [2.45, 2.75) is 85.1 Å². The molecular formula is C25H35FNO2Si. The van der Waals surface area contributed by atoms with Gasteiger partial charge in [-0.05, 0) is 60.5 Å². The van der Waals surface area contributed by atoms with Crippen LogP contribution in [0.5, 0.6) is 0 Å². The van der Waals surface area contributed by atoms with Gasteiger partial charge in [0.15, 0.2) is 0 Å². The number of benzene rings is 1. The lowest BCUT2D eigenvalue weighted by atomic mass is 9.78. The number of hydrogen-bond acceptors (Lipinski definition) is 3. The second-order valence-electron chi connectivity index (χ2n) is 10.0. The Morgan fingerprint density at radius 3 is 2.20 bits per heavy atom. The van der Waals surface area contributed by atoms with Crippen LogP contribution in [0.4, 0.5) is 4.39 Å². The third-order valence-corrected chi connectivity index (χ3v) is 6.31. The van der Waals surface area contributed by atoms with Gasteiger partial charge < -0.3 is 9.53 Å². The van der Waals surface area contributed by atoms with Crippen molar-refractivity contribution in [3.8, 4) is 11.1 Å². The molecule has 1 fully saturated rings. The minimum Gasteiger partial charge on any atom is -0.410 e. The monoisotopic (exact) mass is 428 g/mol. The Morgan fingerprint density at radius 2 is 1.77 bits per heavy atom. The molecule has 1 aromatic carbocycles. The molecule has 1 saturated carbocycles. The normalized spacial score (nSPS) is 15.8. The van der Waals surface area contributed by atoms with E-state index in [1.807, 2.05) is 12.1 Å². The van der Waals surface area contributed by atoms with Crippen molar-refractivity contribution in [3.63, 3.8) is 0 Å². The zero-order chi connectivity index (χ0) is 22.2. The molecular weight excluding hydrogens is 393 g/mol. The van der Waals surface area contributed by atoms with E-state index in [1.54, 1.807) is 0 Å². The van der Waals surface area contributed by atoms with E-state index in [1.165, 1.54) is 12.1 Å². The smallest absolute Gasteiger partial charge is 0.205 e. The van der Waals surface area contributed by atoms with Crippen LogP contribution in [0.15, 0.2) is 24.3 Å². The number of aromatic nitrogens is 1. The van der Waals surface area contributed by atoms with Gasteiger partial charge in [-0.25, -0.2) is 4.39 Å². The highest BCUT2D eigenvalue weighted by Crippen LogP contribution is 2.51. The van der Waals surface area contributed by atoms with E-state index in [0.717, 1.165) is 46.5 Å². The third kappa shape index (κ3) is 4.84. The lowest BCUT2D eigenvalue weighted by molar-refractivity contribution is 0.0856. The summed E-state index contributed by atoms with van der Waals surface area (Å²) in [5.41, 5.74) is 5.74. The maximum absolute atomic E-state index is 13.7. The molecule has 163 valence electrons. The second-order valence-corrected chi connectivity index (χ2v) is 12.1. The number of nitrogens with zero attached hydrogens (tertiary/aromatic N) is 1. The van der Waals surface area contributed by atoms with Gasteiger partial charge in [0, 0.05) is 22.7 Å². The fourth-order valence-corrected chi connectivity index (χ4v) is 5.04. The molecule has 5 heteroatoms. The van der Waals surface area contributed by atoms with E-state index in [0.29, 0.717) is 5.92 Å². The summed E-state index contributed by atoms with van der Waals surface area (Å²) in [7, 11) is -0.984. The summed E-state index contributed by atoms with van der Waals surface area (Å²) < 4.78 is 20.4. The number of hydrogen-bond donors (Lipinski definition) is 1. The minimum atomic E-state index is -0.984. The zero-order valence-electron chi connectivity index (χ0n) is 19.3. The molecule has 0 aliphatic heterocycles. The largest absolute Gasteiger partial charge is 0.410 e. The molecule has 1 heterocycles. The van der Waals surface area contributed by atoms with Gasteiger partial charge in [0.1, 0.15) is 5.82 Å². The van der Waals surface area contributed by atoms with Crippen molar-refractivity contribution in [1.82, 2.24) is 4.98 Å². The lowest BCUT2D eigenvalue weighted by Crippen LogP contribution is -2.28. The van der Waals surface area contributed by atoms with E-state index in [-0.39, 0.29) is 29.9 Å². The Hall–Kier alpha value is -1.56. The summed E-state index contributed by atoms with van der Waals surface area (Å²) in [5.74, 6) is 0.355. The summed E-state index contributed by atoms with van der Waals surface area (Å²) in [6, 6.07) is 6.62. The van der Waals surface area contributed by atoms with Gasteiger partial charge in [0.25, 0.3) is 0 Å². The number of aliphatic hydroxyl groups excluding tert-OH is 1. The lowest BCUT2D eigenvalue weighted by Gasteiger charge is -2.36. The van der Waals surface area contributed by atoms with Gasteiger partial charge >= 0.3 is 0 Å². The quantitative estimate of drug-likeness (QED) is 0.497. The van der Waals surface area contributed by atoms with Crippen LogP contribution >= 0.6 is 0 Å². The number of rotatable bonds is 7. The molecule has 0 amide bonds. The Kier molecular flexibility index (Phi) is 6.85. The van der Waals surface area contributed by atoms with Crippen LogP contribution in [0, 0.1) is 11.2 Å². The molecule has 0 bridgehead atoms. The molecule has 1 aliphatic rings. The van der Waals surface area contributed by atoms with Crippen LogP contribution in [-0.4, -0.2) is 19.1 Å². The van der Waals surface area contributed by atoms with E-state index in [9.17, 15) is 9.50 Å². The molecule has 30 heavy (non-hydrogen) atoms. The van der Waals surface area contributed by atoms with Crippen LogP contribution in [-0.2, 0) is 11.0 Å². The minimum absolute atomic E-state index is 0.0991. The predicted octanol–water partition coefficient (Wildman–Crippen LogP) is 6.74. The van der Waals surface area contributed by atoms with E-state index in [2.05, 4.69) is 47.7 Å². The Labute approximate surface area is 182 Å². The van der Waals surface area contributed by atoms with Crippen LogP contribution < -0.4 is 0 Å². The van der Waals surface area contributed by atoms with Gasteiger partial charge in [0.05, 0.1) is 18.4 Å². The summed E-state index contributed by atoms with van der Waals surface area (Å²) in [5, 5.41) is 10.5.